The van der Waals surface area contributed by atoms with Crippen molar-refractivity contribution >= 4 is 11.5 Å². The number of rotatable bonds is 6. The molecule has 0 N–H and O–H groups in total. The van der Waals surface area contributed by atoms with Crippen LogP contribution in [0.25, 0.3) is 0 Å². The smallest absolute Gasteiger partial charge is 0.143 e. The number of hydrogen-bond donors (Lipinski definition) is 0. The van der Waals surface area contributed by atoms with Crippen LogP contribution in [-0.4, -0.2) is 31.8 Å². The van der Waals surface area contributed by atoms with Crippen LogP contribution >= 0.6 is 0 Å². The third-order valence-corrected chi connectivity index (χ3v) is 2.84. The van der Waals surface area contributed by atoms with Crippen molar-refractivity contribution in [2.24, 2.45) is 15.8 Å². The molecule has 3 heteroatoms. The normalized spacial score (nSPS) is 13.8. The van der Waals surface area contributed by atoms with Crippen LogP contribution in [-0.2, 0) is 9.53 Å². The molecule has 0 fully saturated rings. The standard InChI is InChI=1S/C15H29NO2/c1-14(2,3)12(16-9-8-10-18-7)11-13(17)15(4,5)6/h8-11H2,1-7H3. The quantitative estimate of drug-likeness (QED) is 0.538. The number of aliphatic imine (C=N–C) groups is 1. The minimum atomic E-state index is -0.293. The summed E-state index contributed by atoms with van der Waals surface area (Å²) in [6, 6.07) is 0. The molecule has 0 heterocycles. The Bertz CT molecular complexity index is 293. The fraction of sp³-hybridized carbons (Fsp3) is 0.867. The van der Waals surface area contributed by atoms with E-state index in [1.807, 2.05) is 20.8 Å². The summed E-state index contributed by atoms with van der Waals surface area (Å²) in [6.07, 6.45) is 1.36. The van der Waals surface area contributed by atoms with E-state index in [0.29, 0.717) is 13.0 Å². The lowest BCUT2D eigenvalue weighted by atomic mass is 9.81. The molecular weight excluding hydrogens is 226 g/mol. The summed E-state index contributed by atoms with van der Waals surface area (Å²) in [5.74, 6) is 0.253. The van der Waals surface area contributed by atoms with E-state index in [0.717, 1.165) is 18.7 Å². The van der Waals surface area contributed by atoms with Crippen molar-refractivity contribution < 1.29 is 9.53 Å². The van der Waals surface area contributed by atoms with Gasteiger partial charge in [-0.15, -0.1) is 0 Å². The molecule has 0 aliphatic carbocycles. The van der Waals surface area contributed by atoms with Crippen LogP contribution in [0, 0.1) is 10.8 Å². The molecule has 0 spiro atoms. The van der Waals surface area contributed by atoms with E-state index >= 15 is 0 Å². The highest BCUT2D eigenvalue weighted by atomic mass is 16.5. The molecule has 0 aromatic carbocycles. The molecule has 0 aliphatic heterocycles. The first-order chi connectivity index (χ1) is 8.09. The lowest BCUT2D eigenvalue weighted by molar-refractivity contribution is -0.125. The summed E-state index contributed by atoms with van der Waals surface area (Å²) in [5, 5.41) is 0. The second-order valence-corrected chi connectivity index (χ2v) is 6.77. The Hall–Kier alpha value is -0.700. The van der Waals surface area contributed by atoms with Gasteiger partial charge in [0.05, 0.1) is 0 Å². The van der Waals surface area contributed by atoms with Gasteiger partial charge in [-0.3, -0.25) is 9.79 Å². The van der Waals surface area contributed by atoms with Crippen molar-refractivity contribution in [3.05, 3.63) is 0 Å². The first-order valence-corrected chi connectivity index (χ1v) is 6.65. The second-order valence-electron chi connectivity index (χ2n) is 6.77. The molecule has 3 nitrogen and oxygen atoms in total. The number of carbonyl (C=O) groups is 1. The Balaban J connectivity index is 4.67. The van der Waals surface area contributed by atoms with Gasteiger partial charge < -0.3 is 4.74 Å². The van der Waals surface area contributed by atoms with Gasteiger partial charge in [0.25, 0.3) is 0 Å². The van der Waals surface area contributed by atoms with Crippen LogP contribution in [0.3, 0.4) is 0 Å². The van der Waals surface area contributed by atoms with Crippen molar-refractivity contribution in [1.29, 1.82) is 0 Å². The van der Waals surface area contributed by atoms with Crippen LogP contribution in [0.2, 0.25) is 0 Å². The summed E-state index contributed by atoms with van der Waals surface area (Å²) in [7, 11) is 1.69. The third kappa shape index (κ3) is 6.90. The average Bonchev–Trinajstić information content (AvgIpc) is 2.19. The minimum absolute atomic E-state index is 0.0476. The van der Waals surface area contributed by atoms with Crippen LogP contribution in [0.4, 0.5) is 0 Å². The van der Waals surface area contributed by atoms with E-state index in [4.69, 9.17) is 4.74 Å². The van der Waals surface area contributed by atoms with Gasteiger partial charge in [-0.1, -0.05) is 41.5 Å². The van der Waals surface area contributed by atoms with Crippen molar-refractivity contribution in [3.63, 3.8) is 0 Å². The van der Waals surface area contributed by atoms with E-state index in [-0.39, 0.29) is 16.6 Å². The molecule has 0 radical (unpaired) electrons. The highest BCUT2D eigenvalue weighted by Crippen LogP contribution is 2.24. The highest BCUT2D eigenvalue weighted by molar-refractivity contribution is 6.06. The van der Waals surface area contributed by atoms with Gasteiger partial charge >= 0.3 is 0 Å². The SMILES string of the molecule is COCCCN=C(CC(=O)C(C)(C)C)C(C)(C)C. The molecule has 0 aromatic rings. The predicted molar refractivity (Wildman–Crippen MR) is 77.3 cm³/mol. The number of hydrogen-bond acceptors (Lipinski definition) is 3. The molecule has 0 saturated carbocycles. The van der Waals surface area contributed by atoms with Crippen LogP contribution in [0.1, 0.15) is 54.4 Å². The summed E-state index contributed by atoms with van der Waals surface area (Å²) in [6.45, 7) is 13.7. The van der Waals surface area contributed by atoms with Crippen LogP contribution in [0.15, 0.2) is 4.99 Å². The Morgan fingerprint density at radius 2 is 1.61 bits per heavy atom. The first kappa shape index (κ1) is 17.3. The maximum Gasteiger partial charge on any atom is 0.143 e. The summed E-state index contributed by atoms with van der Waals surface area (Å²) < 4.78 is 5.01. The number of methoxy groups -OCH3 is 1. The van der Waals surface area contributed by atoms with Gasteiger partial charge in [0.1, 0.15) is 5.78 Å². The highest BCUT2D eigenvalue weighted by Gasteiger charge is 2.27. The van der Waals surface area contributed by atoms with E-state index < -0.39 is 0 Å². The number of nitrogens with zero attached hydrogens (tertiary/aromatic N) is 1. The molecule has 0 aromatic heterocycles. The van der Waals surface area contributed by atoms with Crippen molar-refractivity contribution in [3.8, 4) is 0 Å². The van der Waals surface area contributed by atoms with E-state index in [1.54, 1.807) is 7.11 Å². The molecule has 0 aliphatic rings. The molecule has 0 amide bonds. The monoisotopic (exact) mass is 255 g/mol. The maximum atomic E-state index is 12.1. The maximum absolute atomic E-state index is 12.1. The molecule has 0 saturated heterocycles. The van der Waals surface area contributed by atoms with Gasteiger partial charge in [0.15, 0.2) is 0 Å². The lowest BCUT2D eigenvalue weighted by Crippen LogP contribution is -2.29. The fourth-order valence-electron chi connectivity index (χ4n) is 1.40. The zero-order valence-electron chi connectivity index (χ0n) is 13.1. The number of Topliss-reactive ketones (excluding diaryl/α,β-unsaturated/α-hetero) is 1. The summed E-state index contributed by atoms with van der Waals surface area (Å²) in [4.78, 5) is 16.7. The molecule has 0 bridgehead atoms. The third-order valence-electron chi connectivity index (χ3n) is 2.84. The second kappa shape index (κ2) is 7.03. The van der Waals surface area contributed by atoms with Gasteiger partial charge in [-0.05, 0) is 6.42 Å². The number of carbonyl (C=O) groups excluding carboxylic acids is 1. The largest absolute Gasteiger partial charge is 0.385 e. The van der Waals surface area contributed by atoms with Gasteiger partial charge in [-0.2, -0.15) is 0 Å². The van der Waals surface area contributed by atoms with Crippen molar-refractivity contribution in [2.75, 3.05) is 20.3 Å². The summed E-state index contributed by atoms with van der Waals surface area (Å²) in [5.41, 5.74) is 0.658. The molecule has 0 unspecified atom stereocenters. The molecule has 0 atom stereocenters. The predicted octanol–water partition coefficient (Wildman–Crippen LogP) is 3.52. The first-order valence-electron chi connectivity index (χ1n) is 6.65. The van der Waals surface area contributed by atoms with Gasteiger partial charge in [-0.25, -0.2) is 0 Å². The Morgan fingerprint density at radius 1 is 1.06 bits per heavy atom. The minimum Gasteiger partial charge on any atom is -0.385 e. The molecule has 18 heavy (non-hydrogen) atoms. The number of ether oxygens (including phenoxy) is 1. The van der Waals surface area contributed by atoms with Crippen LogP contribution < -0.4 is 0 Å². The fourth-order valence-corrected chi connectivity index (χ4v) is 1.40. The van der Waals surface area contributed by atoms with Gasteiger partial charge in [0.2, 0.25) is 0 Å². The van der Waals surface area contributed by atoms with Crippen molar-refractivity contribution in [2.45, 2.75) is 54.4 Å². The zero-order chi connectivity index (χ0) is 14.4. The summed E-state index contributed by atoms with van der Waals surface area (Å²) >= 11 is 0. The topological polar surface area (TPSA) is 38.7 Å². The average molecular weight is 255 g/mol. The van der Waals surface area contributed by atoms with Crippen LogP contribution in [0.5, 0.6) is 0 Å². The van der Waals surface area contributed by atoms with E-state index in [2.05, 4.69) is 25.8 Å². The van der Waals surface area contributed by atoms with E-state index in [9.17, 15) is 4.79 Å². The van der Waals surface area contributed by atoms with E-state index in [1.165, 1.54) is 0 Å². The Morgan fingerprint density at radius 3 is 2.00 bits per heavy atom. The number of ketones is 1. The Kier molecular flexibility index (Phi) is 6.76. The molecular formula is C15H29NO2. The lowest BCUT2D eigenvalue weighted by Gasteiger charge is -2.24. The van der Waals surface area contributed by atoms with Crippen molar-refractivity contribution in [1.82, 2.24) is 0 Å². The Labute approximate surface area is 112 Å². The van der Waals surface area contributed by atoms with Gasteiger partial charge in [0, 0.05) is 43.2 Å². The molecule has 0 rings (SSSR count). The molecule has 106 valence electrons. The zero-order valence-corrected chi connectivity index (χ0v) is 13.1.